The maximum absolute atomic E-state index is 12.1. The van der Waals surface area contributed by atoms with E-state index in [2.05, 4.69) is 20.4 Å². The van der Waals surface area contributed by atoms with E-state index in [0.29, 0.717) is 12.3 Å². The molecule has 0 amide bonds. The number of carbonyl (C=O) groups is 1. The van der Waals surface area contributed by atoms with Crippen molar-refractivity contribution in [3.8, 4) is 0 Å². The fraction of sp³-hybridized carbons (Fsp3) is 0.864. The molecule has 1 rings (SSSR count). The van der Waals surface area contributed by atoms with Crippen LogP contribution in [-0.2, 0) is 9.53 Å². The molecule has 0 aliphatic heterocycles. The average molecular weight is 353 g/mol. The van der Waals surface area contributed by atoms with E-state index >= 15 is 0 Å². The third-order valence-electron chi connectivity index (χ3n) is 5.66. The Morgan fingerprint density at radius 2 is 1.76 bits per heavy atom. The fourth-order valence-corrected chi connectivity index (χ4v) is 3.69. The van der Waals surface area contributed by atoms with Gasteiger partial charge in [-0.3, -0.25) is 4.79 Å². The third kappa shape index (κ3) is 9.44. The average Bonchev–Trinajstić information content (AvgIpc) is 2.61. The van der Waals surface area contributed by atoms with E-state index in [1.807, 2.05) is 0 Å². The number of aliphatic hydroxyl groups excluding tert-OH is 1. The van der Waals surface area contributed by atoms with Crippen molar-refractivity contribution in [1.82, 2.24) is 0 Å². The highest BCUT2D eigenvalue weighted by Gasteiger charge is 2.30. The van der Waals surface area contributed by atoms with Crippen molar-refractivity contribution >= 4 is 5.97 Å². The summed E-state index contributed by atoms with van der Waals surface area (Å²) in [5.41, 5.74) is 1.04. The van der Waals surface area contributed by atoms with Gasteiger partial charge in [-0.25, -0.2) is 0 Å². The Balaban J connectivity index is 2.11. The second-order valence-corrected chi connectivity index (χ2v) is 7.91. The van der Waals surface area contributed by atoms with E-state index in [0.717, 1.165) is 37.7 Å². The van der Waals surface area contributed by atoms with Gasteiger partial charge >= 0.3 is 5.97 Å². The molecule has 1 aliphatic carbocycles. The Morgan fingerprint density at radius 3 is 2.36 bits per heavy atom. The molecule has 3 heteroatoms. The van der Waals surface area contributed by atoms with Gasteiger partial charge in [0.15, 0.2) is 0 Å². The van der Waals surface area contributed by atoms with E-state index in [4.69, 9.17) is 4.74 Å². The SMILES string of the molecule is C=C1CCC(C(C)CO)CC1OC(=O)CCCCCCCCCCC. The van der Waals surface area contributed by atoms with Crippen LogP contribution >= 0.6 is 0 Å². The first-order chi connectivity index (χ1) is 12.1. The van der Waals surface area contributed by atoms with Crippen LogP contribution in [0.1, 0.15) is 97.3 Å². The lowest BCUT2D eigenvalue weighted by atomic mass is 9.78. The molecule has 25 heavy (non-hydrogen) atoms. The van der Waals surface area contributed by atoms with Crippen molar-refractivity contribution in [2.24, 2.45) is 11.8 Å². The molecule has 0 aromatic rings. The third-order valence-corrected chi connectivity index (χ3v) is 5.66. The zero-order valence-corrected chi connectivity index (χ0v) is 16.6. The van der Waals surface area contributed by atoms with E-state index < -0.39 is 0 Å². The molecule has 0 bridgehead atoms. The summed E-state index contributed by atoms with van der Waals surface area (Å²) in [6.07, 6.45) is 14.5. The lowest BCUT2D eigenvalue weighted by molar-refractivity contribution is -0.149. The summed E-state index contributed by atoms with van der Waals surface area (Å²) >= 11 is 0. The van der Waals surface area contributed by atoms with E-state index in [-0.39, 0.29) is 24.6 Å². The normalized spacial score (nSPS) is 22.0. The standard InChI is InChI=1S/C22H40O3/c1-4-5-6-7-8-9-10-11-12-13-22(24)25-21-16-20(19(3)17-23)15-14-18(21)2/h19-21,23H,2,4-17H2,1,3H3. The molecule has 1 aliphatic rings. The van der Waals surface area contributed by atoms with Gasteiger partial charge in [0.2, 0.25) is 0 Å². The van der Waals surface area contributed by atoms with Crippen LogP contribution in [0.5, 0.6) is 0 Å². The van der Waals surface area contributed by atoms with Crippen molar-refractivity contribution < 1.29 is 14.6 Å². The van der Waals surface area contributed by atoms with Crippen LogP contribution in [0.4, 0.5) is 0 Å². The zero-order valence-electron chi connectivity index (χ0n) is 16.6. The number of ether oxygens (including phenoxy) is 1. The van der Waals surface area contributed by atoms with Gasteiger partial charge in [0.25, 0.3) is 0 Å². The van der Waals surface area contributed by atoms with Gasteiger partial charge in [-0.1, -0.05) is 71.8 Å². The zero-order chi connectivity index (χ0) is 18.5. The van der Waals surface area contributed by atoms with E-state index in [1.165, 1.54) is 44.9 Å². The number of carbonyl (C=O) groups excluding carboxylic acids is 1. The van der Waals surface area contributed by atoms with Gasteiger partial charge in [-0.05, 0) is 43.1 Å². The number of rotatable bonds is 13. The maximum atomic E-state index is 12.1. The Bertz CT molecular complexity index is 377. The van der Waals surface area contributed by atoms with Crippen LogP contribution in [-0.4, -0.2) is 23.8 Å². The van der Waals surface area contributed by atoms with Gasteiger partial charge in [0.1, 0.15) is 6.10 Å². The second kappa shape index (κ2) is 13.4. The molecule has 0 spiro atoms. The van der Waals surface area contributed by atoms with Gasteiger partial charge < -0.3 is 9.84 Å². The smallest absolute Gasteiger partial charge is 0.306 e. The highest BCUT2D eigenvalue weighted by Crippen LogP contribution is 2.34. The van der Waals surface area contributed by atoms with Gasteiger partial charge in [-0.15, -0.1) is 0 Å². The largest absolute Gasteiger partial charge is 0.458 e. The molecule has 0 saturated heterocycles. The summed E-state index contributed by atoms with van der Waals surface area (Å²) in [6, 6.07) is 0. The minimum absolute atomic E-state index is 0.0774. The topological polar surface area (TPSA) is 46.5 Å². The van der Waals surface area contributed by atoms with Crippen molar-refractivity contribution in [3.63, 3.8) is 0 Å². The number of hydrogen-bond acceptors (Lipinski definition) is 3. The molecule has 1 saturated carbocycles. The number of aliphatic hydroxyl groups is 1. The number of hydrogen-bond donors (Lipinski definition) is 1. The summed E-state index contributed by atoms with van der Waals surface area (Å²) in [4.78, 5) is 12.1. The van der Waals surface area contributed by atoms with Crippen LogP contribution in [0.25, 0.3) is 0 Å². The molecule has 3 nitrogen and oxygen atoms in total. The summed E-state index contributed by atoms with van der Waals surface area (Å²) in [5, 5.41) is 9.34. The summed E-state index contributed by atoms with van der Waals surface area (Å²) < 4.78 is 5.68. The van der Waals surface area contributed by atoms with Crippen molar-refractivity contribution in [2.75, 3.05) is 6.61 Å². The Hall–Kier alpha value is -0.830. The molecular formula is C22H40O3. The van der Waals surface area contributed by atoms with E-state index in [1.54, 1.807) is 0 Å². The number of unbranched alkanes of at least 4 members (excludes halogenated alkanes) is 8. The van der Waals surface area contributed by atoms with Crippen LogP contribution in [0.15, 0.2) is 12.2 Å². The fourth-order valence-electron chi connectivity index (χ4n) is 3.69. The first-order valence-corrected chi connectivity index (χ1v) is 10.6. The highest BCUT2D eigenvalue weighted by atomic mass is 16.5. The van der Waals surface area contributed by atoms with Crippen LogP contribution in [0.2, 0.25) is 0 Å². The minimum Gasteiger partial charge on any atom is -0.458 e. The molecule has 3 atom stereocenters. The van der Waals surface area contributed by atoms with Crippen LogP contribution in [0.3, 0.4) is 0 Å². The lowest BCUT2D eigenvalue weighted by Gasteiger charge is -2.33. The lowest BCUT2D eigenvalue weighted by Crippen LogP contribution is -2.31. The predicted molar refractivity (Wildman–Crippen MR) is 104 cm³/mol. The number of esters is 1. The van der Waals surface area contributed by atoms with Gasteiger partial charge in [0.05, 0.1) is 0 Å². The highest BCUT2D eigenvalue weighted by molar-refractivity contribution is 5.69. The first-order valence-electron chi connectivity index (χ1n) is 10.6. The van der Waals surface area contributed by atoms with Crippen molar-refractivity contribution in [2.45, 2.75) is 103 Å². The monoisotopic (exact) mass is 352 g/mol. The molecular weight excluding hydrogens is 312 g/mol. The second-order valence-electron chi connectivity index (χ2n) is 7.91. The molecule has 0 heterocycles. The Morgan fingerprint density at radius 1 is 1.16 bits per heavy atom. The molecule has 0 aromatic heterocycles. The molecule has 146 valence electrons. The molecule has 0 aromatic carbocycles. The van der Waals surface area contributed by atoms with E-state index in [9.17, 15) is 9.90 Å². The summed E-state index contributed by atoms with van der Waals surface area (Å²) in [5.74, 6) is 0.624. The predicted octanol–water partition coefficient (Wildman–Crippen LogP) is 5.80. The summed E-state index contributed by atoms with van der Waals surface area (Å²) in [6.45, 7) is 8.60. The van der Waals surface area contributed by atoms with Crippen molar-refractivity contribution in [1.29, 1.82) is 0 Å². The van der Waals surface area contributed by atoms with Gasteiger partial charge in [0, 0.05) is 13.0 Å². The van der Waals surface area contributed by atoms with Crippen LogP contribution < -0.4 is 0 Å². The van der Waals surface area contributed by atoms with Gasteiger partial charge in [-0.2, -0.15) is 0 Å². The quantitative estimate of drug-likeness (QED) is 0.259. The van der Waals surface area contributed by atoms with Crippen molar-refractivity contribution in [3.05, 3.63) is 12.2 Å². The molecule has 1 fully saturated rings. The molecule has 3 unspecified atom stereocenters. The Labute approximate surface area is 155 Å². The van der Waals surface area contributed by atoms with Crippen LogP contribution in [0, 0.1) is 11.8 Å². The summed E-state index contributed by atoms with van der Waals surface area (Å²) in [7, 11) is 0. The molecule has 0 radical (unpaired) electrons. The Kier molecular flexibility index (Phi) is 11.9. The molecule has 1 N–H and O–H groups in total. The minimum atomic E-state index is -0.140. The maximum Gasteiger partial charge on any atom is 0.306 e. The first kappa shape index (κ1) is 22.2.